The number of nitrogens with zero attached hydrogens (tertiary/aromatic N) is 3. The van der Waals surface area contributed by atoms with Gasteiger partial charge in [-0.3, -0.25) is 0 Å². The van der Waals surface area contributed by atoms with Gasteiger partial charge in [0.1, 0.15) is 0 Å². The van der Waals surface area contributed by atoms with Crippen molar-refractivity contribution in [2.24, 2.45) is 0 Å². The van der Waals surface area contributed by atoms with Gasteiger partial charge in [0, 0.05) is 88.3 Å². The molecule has 0 atom stereocenters. The third kappa shape index (κ3) is 5.26. The van der Waals surface area contributed by atoms with Crippen LogP contribution in [0.2, 0.25) is 0 Å². The molecule has 0 amide bonds. The highest BCUT2D eigenvalue weighted by molar-refractivity contribution is 7.28. The smallest absolute Gasteiger partial charge is 0.165 e. The van der Waals surface area contributed by atoms with E-state index in [-0.39, 0.29) is 0 Å². The first kappa shape index (κ1) is 32.7. The van der Waals surface area contributed by atoms with Crippen LogP contribution in [0.4, 0.5) is 0 Å². The molecule has 0 aliphatic carbocycles. The maximum atomic E-state index is 5.11. The first-order chi connectivity index (χ1) is 28.2. The highest BCUT2D eigenvalue weighted by atomic mass is 32.1. The van der Waals surface area contributed by atoms with Crippen LogP contribution in [0, 0.1) is 0 Å². The van der Waals surface area contributed by atoms with Crippen LogP contribution in [0.3, 0.4) is 0 Å². The summed E-state index contributed by atoms with van der Waals surface area (Å²) in [6.07, 6.45) is 0. The zero-order valence-corrected chi connectivity index (χ0v) is 32.8. The van der Waals surface area contributed by atoms with Gasteiger partial charge in [-0.1, -0.05) is 152 Å². The second kappa shape index (κ2) is 13.0. The Morgan fingerprint density at radius 3 is 1.30 bits per heavy atom. The largest absolute Gasteiger partial charge is 0.208 e. The number of rotatable bonds is 5. The van der Waals surface area contributed by atoms with Crippen molar-refractivity contribution in [2.75, 3.05) is 0 Å². The maximum Gasteiger partial charge on any atom is 0.165 e. The minimum atomic E-state index is 0.664. The third-order valence-corrected chi connectivity index (χ3v) is 14.7. The number of hydrogen-bond donors (Lipinski definition) is 0. The van der Waals surface area contributed by atoms with Crippen molar-refractivity contribution in [2.45, 2.75) is 0 Å². The topological polar surface area (TPSA) is 38.7 Å². The SMILES string of the molecule is c1ccc(-c2nc(-c3ccccc3)nc(-c3cccc4c3sc3c(-c5cccc6c5sc5c(-c7ccc8sc9ccccc9c8c7)cccc56)cccc34)n2)cc1. The third-order valence-electron chi connectivity index (χ3n) is 11.0. The summed E-state index contributed by atoms with van der Waals surface area (Å²) in [6, 6.07) is 63.0. The van der Waals surface area contributed by atoms with Gasteiger partial charge in [-0.05, 0) is 35.4 Å². The van der Waals surface area contributed by atoms with Gasteiger partial charge in [0.15, 0.2) is 17.5 Å². The van der Waals surface area contributed by atoms with E-state index in [1.165, 1.54) is 82.8 Å². The predicted octanol–water partition coefficient (Wildman–Crippen LogP) is 15.3. The number of thiophene rings is 3. The summed E-state index contributed by atoms with van der Waals surface area (Å²) in [5.41, 5.74) is 7.98. The number of aromatic nitrogens is 3. The van der Waals surface area contributed by atoms with E-state index < -0.39 is 0 Å². The Morgan fingerprint density at radius 1 is 0.263 bits per heavy atom. The molecule has 0 N–H and O–H groups in total. The van der Waals surface area contributed by atoms with E-state index >= 15 is 0 Å². The molecular formula is C51H29N3S3. The lowest BCUT2D eigenvalue weighted by Crippen LogP contribution is -2.00. The van der Waals surface area contributed by atoms with E-state index in [2.05, 4.69) is 140 Å². The molecule has 8 aromatic carbocycles. The van der Waals surface area contributed by atoms with Crippen LogP contribution in [-0.4, -0.2) is 15.0 Å². The summed E-state index contributed by atoms with van der Waals surface area (Å²) >= 11 is 5.61. The van der Waals surface area contributed by atoms with Crippen LogP contribution < -0.4 is 0 Å². The van der Waals surface area contributed by atoms with E-state index in [4.69, 9.17) is 15.0 Å². The molecule has 266 valence electrons. The van der Waals surface area contributed by atoms with E-state index in [0.29, 0.717) is 17.5 Å². The first-order valence-corrected chi connectivity index (χ1v) is 21.4. The Kier molecular flexibility index (Phi) is 7.45. The van der Waals surface area contributed by atoms with Gasteiger partial charge >= 0.3 is 0 Å². The fraction of sp³-hybridized carbons (Fsp3) is 0. The summed E-state index contributed by atoms with van der Waals surface area (Å²) in [5, 5.41) is 7.70. The highest BCUT2D eigenvalue weighted by Crippen LogP contribution is 2.48. The summed E-state index contributed by atoms with van der Waals surface area (Å²) in [5.74, 6) is 2.00. The quantitative estimate of drug-likeness (QED) is 0.175. The Bertz CT molecular complexity index is 3470. The molecule has 4 heterocycles. The Morgan fingerprint density at radius 2 is 0.702 bits per heavy atom. The number of benzene rings is 8. The van der Waals surface area contributed by atoms with Crippen molar-refractivity contribution in [3.05, 3.63) is 176 Å². The standard InChI is InChI=1S/C51H29N3S3/c1-3-13-30(14-4-1)49-52-50(31-15-5-2-6-16-31)54-51(53-49)41-25-12-24-40-39-23-11-22-38(47(39)57-48(40)41)37-21-10-20-36-35-19-9-18-33(45(35)56-46(36)37)32-27-28-44-42(29-32)34-17-7-8-26-43(34)55-44/h1-29H. The van der Waals surface area contributed by atoms with Crippen molar-refractivity contribution in [3.63, 3.8) is 0 Å². The van der Waals surface area contributed by atoms with Crippen molar-refractivity contribution in [1.82, 2.24) is 15.0 Å². The summed E-state index contributed by atoms with van der Waals surface area (Å²) in [4.78, 5) is 15.2. The van der Waals surface area contributed by atoms with E-state index in [0.717, 1.165) is 16.7 Å². The van der Waals surface area contributed by atoms with Crippen LogP contribution >= 0.6 is 34.0 Å². The highest BCUT2D eigenvalue weighted by Gasteiger charge is 2.20. The molecule has 12 rings (SSSR count). The van der Waals surface area contributed by atoms with E-state index in [1.54, 1.807) is 0 Å². The lowest BCUT2D eigenvalue weighted by Gasteiger charge is -2.09. The maximum absolute atomic E-state index is 5.11. The fourth-order valence-electron chi connectivity index (χ4n) is 8.29. The van der Waals surface area contributed by atoms with Crippen molar-refractivity contribution in [1.29, 1.82) is 0 Å². The minimum Gasteiger partial charge on any atom is -0.208 e. The summed E-state index contributed by atoms with van der Waals surface area (Å²) in [7, 11) is 0. The molecule has 0 unspecified atom stereocenters. The Balaban J connectivity index is 1.04. The van der Waals surface area contributed by atoms with Crippen LogP contribution in [-0.2, 0) is 0 Å². The molecule has 0 spiro atoms. The molecule has 0 bridgehead atoms. The van der Waals surface area contributed by atoms with Gasteiger partial charge in [-0.2, -0.15) is 0 Å². The van der Waals surface area contributed by atoms with Crippen molar-refractivity contribution >= 4 is 94.5 Å². The van der Waals surface area contributed by atoms with Crippen LogP contribution in [0.1, 0.15) is 0 Å². The molecule has 0 saturated heterocycles. The Labute approximate surface area is 339 Å². The van der Waals surface area contributed by atoms with Crippen LogP contribution in [0.25, 0.3) is 117 Å². The molecule has 6 heteroatoms. The van der Waals surface area contributed by atoms with E-state index in [1.807, 2.05) is 70.4 Å². The average molecular weight is 780 g/mol. The number of fused-ring (bicyclic) bond motifs is 9. The number of hydrogen-bond acceptors (Lipinski definition) is 6. The molecule has 12 aromatic rings. The van der Waals surface area contributed by atoms with Crippen molar-refractivity contribution in [3.8, 4) is 56.4 Å². The van der Waals surface area contributed by atoms with E-state index in [9.17, 15) is 0 Å². The predicted molar refractivity (Wildman–Crippen MR) is 246 cm³/mol. The monoisotopic (exact) mass is 779 g/mol. The molecule has 0 radical (unpaired) electrons. The normalized spacial score (nSPS) is 11.9. The van der Waals surface area contributed by atoms with Gasteiger partial charge in [-0.25, -0.2) is 15.0 Å². The zero-order valence-electron chi connectivity index (χ0n) is 30.3. The molecule has 0 saturated carbocycles. The fourth-order valence-corrected chi connectivity index (χ4v) is 12.1. The lowest BCUT2D eigenvalue weighted by molar-refractivity contribution is 1.08. The van der Waals surface area contributed by atoms with Crippen LogP contribution in [0.15, 0.2) is 176 Å². The van der Waals surface area contributed by atoms with Gasteiger partial charge < -0.3 is 0 Å². The molecule has 3 nitrogen and oxygen atoms in total. The molecule has 0 fully saturated rings. The summed E-state index contributed by atoms with van der Waals surface area (Å²) < 4.78 is 7.73. The first-order valence-electron chi connectivity index (χ1n) is 18.9. The molecule has 4 aromatic heterocycles. The molecule has 57 heavy (non-hydrogen) atoms. The molecule has 0 aliphatic heterocycles. The second-order valence-electron chi connectivity index (χ2n) is 14.3. The Hall–Kier alpha value is -6.57. The minimum absolute atomic E-state index is 0.664. The van der Waals surface area contributed by atoms with Gasteiger partial charge in [0.05, 0.1) is 0 Å². The second-order valence-corrected chi connectivity index (χ2v) is 17.4. The lowest BCUT2D eigenvalue weighted by atomic mass is 9.98. The zero-order chi connectivity index (χ0) is 37.5. The molecule has 0 aliphatic rings. The van der Waals surface area contributed by atoms with Gasteiger partial charge in [0.2, 0.25) is 0 Å². The van der Waals surface area contributed by atoms with Gasteiger partial charge in [-0.15, -0.1) is 34.0 Å². The molecular weight excluding hydrogens is 751 g/mol. The van der Waals surface area contributed by atoms with Gasteiger partial charge in [0.25, 0.3) is 0 Å². The summed E-state index contributed by atoms with van der Waals surface area (Å²) in [6.45, 7) is 0. The van der Waals surface area contributed by atoms with Crippen LogP contribution in [0.5, 0.6) is 0 Å². The van der Waals surface area contributed by atoms with Crippen molar-refractivity contribution < 1.29 is 0 Å². The average Bonchev–Trinajstić information content (AvgIpc) is 3.98.